The Kier molecular flexibility index (Phi) is 6.82. The lowest BCUT2D eigenvalue weighted by molar-refractivity contribution is 0.150. The van der Waals surface area contributed by atoms with Crippen molar-refractivity contribution >= 4 is 0 Å². The SMILES string of the molecule is C1=CC(C2CC(C3=C4C(=CCC3)C3(C5=C(CCC=C5)C5=C3C=CCC5)C3C=CCCC43)N(CC3CC=CCC3)N2)CCC1. The molecule has 0 aromatic heterocycles. The number of hydrogen-bond acceptors (Lipinski definition) is 2. The highest BCUT2D eigenvalue weighted by atomic mass is 15.6. The van der Waals surface area contributed by atoms with E-state index in [0.717, 1.165) is 5.92 Å². The highest BCUT2D eigenvalue weighted by Crippen LogP contribution is 2.71. The molecule has 0 bridgehead atoms. The highest BCUT2D eigenvalue weighted by molar-refractivity contribution is 5.73. The van der Waals surface area contributed by atoms with Crippen LogP contribution >= 0.6 is 0 Å². The molecule has 1 heterocycles. The first-order chi connectivity index (χ1) is 21.3. The number of nitrogens with zero attached hydrogens (tertiary/aromatic N) is 1. The number of fused-ring (bicyclic) bond motifs is 8. The largest absolute Gasteiger partial charge is 0.251 e. The summed E-state index contributed by atoms with van der Waals surface area (Å²) in [5.41, 5.74) is 16.5. The van der Waals surface area contributed by atoms with Gasteiger partial charge in [-0.3, -0.25) is 5.43 Å². The Morgan fingerprint density at radius 2 is 1.58 bits per heavy atom. The Bertz CT molecular complexity index is 1410. The molecule has 2 nitrogen and oxygen atoms in total. The van der Waals surface area contributed by atoms with Crippen molar-refractivity contribution in [1.29, 1.82) is 0 Å². The molecular weight excluding hydrogens is 520 g/mol. The Balaban J connectivity index is 1.17. The van der Waals surface area contributed by atoms with Crippen molar-refractivity contribution in [3.05, 3.63) is 106 Å². The minimum Gasteiger partial charge on any atom is -0.251 e. The monoisotopic (exact) mass is 570 g/mol. The third-order valence-corrected chi connectivity index (χ3v) is 12.9. The number of nitrogens with one attached hydrogen (secondary N) is 1. The van der Waals surface area contributed by atoms with Crippen LogP contribution in [0.1, 0.15) is 96.3 Å². The molecule has 0 aromatic carbocycles. The van der Waals surface area contributed by atoms with Gasteiger partial charge in [-0.15, -0.1) is 0 Å². The van der Waals surface area contributed by atoms with E-state index in [1.807, 2.05) is 11.1 Å². The van der Waals surface area contributed by atoms with Crippen molar-refractivity contribution in [2.24, 2.45) is 29.1 Å². The van der Waals surface area contributed by atoms with Gasteiger partial charge in [0.15, 0.2) is 0 Å². The van der Waals surface area contributed by atoms with Crippen molar-refractivity contribution in [3.63, 3.8) is 0 Å². The molecule has 6 unspecified atom stereocenters. The molecule has 0 amide bonds. The number of allylic oxidation sites excluding steroid dienone is 16. The summed E-state index contributed by atoms with van der Waals surface area (Å²) in [4.78, 5) is 0. The molecule has 224 valence electrons. The zero-order valence-corrected chi connectivity index (χ0v) is 26.1. The molecule has 2 fully saturated rings. The first kappa shape index (κ1) is 26.9. The fourth-order valence-corrected chi connectivity index (χ4v) is 11.2. The van der Waals surface area contributed by atoms with Gasteiger partial charge in [0.2, 0.25) is 0 Å². The predicted molar refractivity (Wildman–Crippen MR) is 178 cm³/mol. The lowest BCUT2D eigenvalue weighted by atomic mass is 9.62. The smallest absolute Gasteiger partial charge is 0.0524 e. The van der Waals surface area contributed by atoms with Crippen LogP contribution in [0.25, 0.3) is 0 Å². The molecule has 1 saturated carbocycles. The molecule has 1 aliphatic heterocycles. The van der Waals surface area contributed by atoms with E-state index in [0.29, 0.717) is 29.8 Å². The summed E-state index contributed by atoms with van der Waals surface area (Å²) < 4.78 is 0. The van der Waals surface area contributed by atoms with Crippen LogP contribution in [0.3, 0.4) is 0 Å². The molecule has 9 aliphatic rings. The normalized spacial score (nSPS) is 37.7. The summed E-state index contributed by atoms with van der Waals surface area (Å²) in [7, 11) is 0. The summed E-state index contributed by atoms with van der Waals surface area (Å²) in [6.45, 7) is 1.20. The van der Waals surface area contributed by atoms with E-state index in [9.17, 15) is 0 Å². The zero-order chi connectivity index (χ0) is 28.4. The zero-order valence-electron chi connectivity index (χ0n) is 26.1. The highest BCUT2D eigenvalue weighted by Gasteiger charge is 2.61. The molecule has 6 atom stereocenters. The Morgan fingerprint density at radius 3 is 2.35 bits per heavy atom. The predicted octanol–water partition coefficient (Wildman–Crippen LogP) is 9.55. The van der Waals surface area contributed by atoms with Crippen LogP contribution in [0.4, 0.5) is 0 Å². The fraction of sp³-hybridized carbons (Fsp3) is 0.561. The third-order valence-electron chi connectivity index (χ3n) is 12.9. The molecule has 8 aliphatic carbocycles. The lowest BCUT2D eigenvalue weighted by Gasteiger charge is -2.39. The van der Waals surface area contributed by atoms with E-state index in [1.54, 1.807) is 27.9 Å². The molecule has 0 radical (unpaired) electrons. The van der Waals surface area contributed by atoms with Gasteiger partial charge >= 0.3 is 0 Å². The molecule has 2 heteroatoms. The molecule has 0 aromatic rings. The maximum absolute atomic E-state index is 4.21. The van der Waals surface area contributed by atoms with E-state index in [2.05, 4.69) is 77.3 Å². The van der Waals surface area contributed by atoms with Gasteiger partial charge in [-0.1, -0.05) is 66.8 Å². The van der Waals surface area contributed by atoms with Crippen LogP contribution in [0.15, 0.2) is 106 Å². The summed E-state index contributed by atoms with van der Waals surface area (Å²) in [5, 5.41) is 2.80. The van der Waals surface area contributed by atoms with Crippen molar-refractivity contribution in [1.82, 2.24) is 10.4 Å². The lowest BCUT2D eigenvalue weighted by Crippen LogP contribution is -2.45. The van der Waals surface area contributed by atoms with Gasteiger partial charge in [0.1, 0.15) is 0 Å². The van der Waals surface area contributed by atoms with Gasteiger partial charge in [-0.2, -0.15) is 0 Å². The maximum atomic E-state index is 4.21. The average Bonchev–Trinajstić information content (AvgIpc) is 3.73. The maximum Gasteiger partial charge on any atom is 0.0524 e. The van der Waals surface area contributed by atoms with Crippen molar-refractivity contribution in [2.75, 3.05) is 6.54 Å². The van der Waals surface area contributed by atoms with Crippen molar-refractivity contribution < 1.29 is 0 Å². The molecule has 1 N–H and O–H groups in total. The fourth-order valence-electron chi connectivity index (χ4n) is 11.2. The van der Waals surface area contributed by atoms with E-state index >= 15 is 0 Å². The van der Waals surface area contributed by atoms with E-state index in [4.69, 9.17) is 0 Å². The van der Waals surface area contributed by atoms with Crippen LogP contribution in [0, 0.1) is 29.1 Å². The number of hydrogen-bond donors (Lipinski definition) is 1. The average molecular weight is 571 g/mol. The van der Waals surface area contributed by atoms with Crippen molar-refractivity contribution in [2.45, 2.75) is 108 Å². The quantitative estimate of drug-likeness (QED) is 0.339. The second kappa shape index (κ2) is 10.9. The summed E-state index contributed by atoms with van der Waals surface area (Å²) in [6.07, 6.45) is 47.1. The summed E-state index contributed by atoms with van der Waals surface area (Å²) in [5.74, 6) is 2.69. The van der Waals surface area contributed by atoms with Gasteiger partial charge in [-0.25, -0.2) is 5.01 Å². The first-order valence-electron chi connectivity index (χ1n) is 18.1. The minimum atomic E-state index is 0.0532. The Hall–Kier alpha value is -2.42. The molecule has 43 heavy (non-hydrogen) atoms. The van der Waals surface area contributed by atoms with Crippen LogP contribution < -0.4 is 5.43 Å². The molecular formula is C41H50N2. The Labute approximate surface area is 259 Å². The Morgan fingerprint density at radius 1 is 0.767 bits per heavy atom. The first-order valence-corrected chi connectivity index (χ1v) is 18.1. The van der Waals surface area contributed by atoms with Gasteiger partial charge in [-0.05, 0) is 153 Å². The van der Waals surface area contributed by atoms with E-state index < -0.39 is 0 Å². The summed E-state index contributed by atoms with van der Waals surface area (Å²) >= 11 is 0. The minimum absolute atomic E-state index is 0.0532. The van der Waals surface area contributed by atoms with Gasteiger partial charge in [0.05, 0.1) is 5.41 Å². The second-order valence-electron chi connectivity index (χ2n) is 15.0. The topological polar surface area (TPSA) is 15.3 Å². The van der Waals surface area contributed by atoms with Crippen LogP contribution in [0.2, 0.25) is 0 Å². The third kappa shape index (κ3) is 4.11. The van der Waals surface area contributed by atoms with Crippen LogP contribution in [0.5, 0.6) is 0 Å². The number of hydrazine groups is 1. The number of rotatable bonds is 4. The van der Waals surface area contributed by atoms with E-state index in [-0.39, 0.29) is 5.41 Å². The van der Waals surface area contributed by atoms with Crippen molar-refractivity contribution in [3.8, 4) is 0 Å². The molecule has 9 rings (SSSR count). The van der Waals surface area contributed by atoms with Gasteiger partial charge in [0, 0.05) is 24.5 Å². The van der Waals surface area contributed by atoms with Crippen LogP contribution in [-0.2, 0) is 0 Å². The van der Waals surface area contributed by atoms with E-state index in [1.165, 1.54) is 103 Å². The second-order valence-corrected chi connectivity index (χ2v) is 15.0. The molecule has 1 saturated heterocycles. The summed E-state index contributed by atoms with van der Waals surface area (Å²) in [6, 6.07) is 1.12. The van der Waals surface area contributed by atoms with Gasteiger partial charge < -0.3 is 0 Å². The molecule has 1 spiro atoms. The van der Waals surface area contributed by atoms with Gasteiger partial charge in [0.25, 0.3) is 0 Å². The standard InChI is InChI=1S/C41H50N2/c1-3-14-28(15-4-1)27-43-39(26-38(42-43)29-16-5-2-6-17-29)33-21-13-25-37-40(33)32-20-9-12-24-36(32)41(37)34-22-10-7-18-30(34)31-19-8-11-23-35(31)41/h1,3,5,10-12,16,22-25,28-29,32,36,38-39,42H,2,4,6-9,13-15,17-21,26-27H2. The van der Waals surface area contributed by atoms with Crippen LogP contribution in [-0.4, -0.2) is 23.6 Å².